The van der Waals surface area contributed by atoms with Gasteiger partial charge < -0.3 is 19.9 Å². The SMILES string of the molecule is CC(C)N[C@@H]1CO[C@]23NC(C)(C)C2(O)CO[C@H]13. The van der Waals surface area contributed by atoms with E-state index in [0.29, 0.717) is 19.3 Å². The van der Waals surface area contributed by atoms with Crippen LogP contribution in [0.25, 0.3) is 0 Å². The summed E-state index contributed by atoms with van der Waals surface area (Å²) < 4.78 is 11.7. The normalized spacial score (nSPS) is 51.2. The van der Waals surface area contributed by atoms with Crippen LogP contribution in [0.2, 0.25) is 0 Å². The molecule has 3 saturated heterocycles. The van der Waals surface area contributed by atoms with Crippen LogP contribution in [0.1, 0.15) is 27.7 Å². The van der Waals surface area contributed by atoms with E-state index in [1.807, 2.05) is 13.8 Å². The first-order valence-electron chi connectivity index (χ1n) is 6.36. The van der Waals surface area contributed by atoms with Gasteiger partial charge in [0.2, 0.25) is 0 Å². The molecule has 0 saturated carbocycles. The molecule has 98 valence electrons. The Morgan fingerprint density at radius 1 is 1.41 bits per heavy atom. The van der Waals surface area contributed by atoms with Crippen LogP contribution in [0, 0.1) is 0 Å². The van der Waals surface area contributed by atoms with Gasteiger partial charge in [0.1, 0.15) is 6.10 Å². The van der Waals surface area contributed by atoms with E-state index in [-0.39, 0.29) is 17.7 Å². The molecule has 5 nitrogen and oxygen atoms in total. The third-order valence-electron chi connectivity index (χ3n) is 4.42. The number of ether oxygens (including phenoxy) is 2. The minimum atomic E-state index is -0.919. The molecule has 3 fully saturated rings. The zero-order valence-corrected chi connectivity index (χ0v) is 10.9. The molecule has 3 N–H and O–H groups in total. The van der Waals surface area contributed by atoms with Crippen LogP contribution < -0.4 is 10.6 Å². The van der Waals surface area contributed by atoms with Gasteiger partial charge in [-0.3, -0.25) is 5.32 Å². The van der Waals surface area contributed by atoms with Crippen molar-refractivity contribution in [3.05, 3.63) is 0 Å². The number of nitrogens with one attached hydrogen (secondary N) is 2. The van der Waals surface area contributed by atoms with Crippen LogP contribution in [0.15, 0.2) is 0 Å². The third kappa shape index (κ3) is 1.21. The molecule has 4 atom stereocenters. The van der Waals surface area contributed by atoms with Crippen molar-refractivity contribution in [2.24, 2.45) is 0 Å². The fraction of sp³-hybridized carbons (Fsp3) is 1.00. The molecule has 1 spiro atoms. The zero-order valence-electron chi connectivity index (χ0n) is 10.9. The van der Waals surface area contributed by atoms with Gasteiger partial charge in [0.25, 0.3) is 0 Å². The Hall–Kier alpha value is -0.200. The Labute approximate surface area is 102 Å². The van der Waals surface area contributed by atoms with Crippen LogP contribution in [0.4, 0.5) is 0 Å². The van der Waals surface area contributed by atoms with Gasteiger partial charge in [-0.25, -0.2) is 0 Å². The molecule has 3 heterocycles. The molecule has 0 aromatic rings. The molecule has 17 heavy (non-hydrogen) atoms. The lowest BCUT2D eigenvalue weighted by Crippen LogP contribution is -2.89. The standard InChI is InChI=1S/C12H22N2O3/c1-7(2)13-8-5-17-12-9(8)16-6-11(12,15)10(3,4)14-12/h7-9,13-15H,5-6H2,1-4H3/t8-,9-,11?,12+/m1/s1. The van der Waals surface area contributed by atoms with Gasteiger partial charge in [-0.2, -0.15) is 0 Å². The molecule has 3 aliphatic heterocycles. The quantitative estimate of drug-likeness (QED) is 0.614. The van der Waals surface area contributed by atoms with E-state index in [4.69, 9.17) is 9.47 Å². The minimum Gasteiger partial charge on any atom is -0.381 e. The van der Waals surface area contributed by atoms with Crippen LogP contribution in [-0.2, 0) is 9.47 Å². The molecule has 0 radical (unpaired) electrons. The maximum absolute atomic E-state index is 10.8. The second kappa shape index (κ2) is 3.22. The third-order valence-corrected chi connectivity index (χ3v) is 4.42. The van der Waals surface area contributed by atoms with E-state index in [1.54, 1.807) is 0 Å². The van der Waals surface area contributed by atoms with Crippen LogP contribution in [0.5, 0.6) is 0 Å². The first kappa shape index (κ1) is 11.9. The Bertz CT molecular complexity index is 347. The van der Waals surface area contributed by atoms with Gasteiger partial charge in [0.15, 0.2) is 11.3 Å². The van der Waals surface area contributed by atoms with E-state index in [9.17, 15) is 5.11 Å². The summed E-state index contributed by atoms with van der Waals surface area (Å²) >= 11 is 0. The van der Waals surface area contributed by atoms with E-state index in [0.717, 1.165) is 0 Å². The topological polar surface area (TPSA) is 62.8 Å². The predicted molar refractivity (Wildman–Crippen MR) is 62.6 cm³/mol. The highest BCUT2D eigenvalue weighted by Crippen LogP contribution is 2.55. The smallest absolute Gasteiger partial charge is 0.180 e. The lowest BCUT2D eigenvalue weighted by atomic mass is 9.65. The lowest BCUT2D eigenvalue weighted by molar-refractivity contribution is -0.273. The highest BCUT2D eigenvalue weighted by Gasteiger charge is 2.80. The Balaban J connectivity index is 1.84. The second-order valence-electron chi connectivity index (χ2n) is 6.32. The van der Waals surface area contributed by atoms with E-state index in [2.05, 4.69) is 24.5 Å². The van der Waals surface area contributed by atoms with E-state index >= 15 is 0 Å². The molecule has 3 aliphatic rings. The summed E-state index contributed by atoms with van der Waals surface area (Å²) in [5.41, 5.74) is -1.98. The van der Waals surface area contributed by atoms with E-state index < -0.39 is 11.3 Å². The fourth-order valence-corrected chi connectivity index (χ4v) is 3.50. The van der Waals surface area contributed by atoms with Gasteiger partial charge in [0.05, 0.1) is 24.8 Å². The van der Waals surface area contributed by atoms with Crippen molar-refractivity contribution in [2.75, 3.05) is 13.2 Å². The maximum Gasteiger partial charge on any atom is 0.180 e. The molecule has 0 bridgehead atoms. The highest BCUT2D eigenvalue weighted by molar-refractivity contribution is 5.31. The summed E-state index contributed by atoms with van der Waals surface area (Å²) in [6.45, 7) is 9.09. The summed E-state index contributed by atoms with van der Waals surface area (Å²) in [5, 5.41) is 17.5. The molecule has 5 heteroatoms. The number of hydrogen-bond donors (Lipinski definition) is 3. The molecular weight excluding hydrogens is 220 g/mol. The average Bonchev–Trinajstić information content (AvgIpc) is 2.64. The number of hydrogen-bond acceptors (Lipinski definition) is 5. The Morgan fingerprint density at radius 2 is 2.12 bits per heavy atom. The van der Waals surface area contributed by atoms with Crippen molar-refractivity contribution in [3.63, 3.8) is 0 Å². The van der Waals surface area contributed by atoms with Gasteiger partial charge >= 0.3 is 0 Å². The molecule has 0 aromatic carbocycles. The number of rotatable bonds is 2. The van der Waals surface area contributed by atoms with Crippen LogP contribution >= 0.6 is 0 Å². The Kier molecular flexibility index (Phi) is 2.25. The van der Waals surface area contributed by atoms with Crippen LogP contribution in [-0.4, -0.2) is 53.4 Å². The molecule has 3 rings (SSSR count). The second-order valence-corrected chi connectivity index (χ2v) is 6.32. The monoisotopic (exact) mass is 242 g/mol. The van der Waals surface area contributed by atoms with Crippen molar-refractivity contribution in [3.8, 4) is 0 Å². The van der Waals surface area contributed by atoms with Crippen molar-refractivity contribution in [1.29, 1.82) is 0 Å². The average molecular weight is 242 g/mol. The summed E-state index contributed by atoms with van der Waals surface area (Å²) in [5.74, 6) is 0. The molecule has 0 aromatic heterocycles. The van der Waals surface area contributed by atoms with Crippen molar-refractivity contribution < 1.29 is 14.6 Å². The maximum atomic E-state index is 10.8. The molecule has 1 unspecified atom stereocenters. The fourth-order valence-electron chi connectivity index (χ4n) is 3.50. The zero-order chi connectivity index (χ0) is 12.5. The van der Waals surface area contributed by atoms with Crippen molar-refractivity contribution >= 4 is 0 Å². The largest absolute Gasteiger partial charge is 0.381 e. The van der Waals surface area contributed by atoms with Gasteiger partial charge in [-0.05, 0) is 13.8 Å². The van der Waals surface area contributed by atoms with Gasteiger partial charge in [0, 0.05) is 6.04 Å². The molecule has 0 amide bonds. The van der Waals surface area contributed by atoms with Crippen LogP contribution in [0.3, 0.4) is 0 Å². The predicted octanol–water partition coefficient (Wildman–Crippen LogP) is -0.409. The van der Waals surface area contributed by atoms with Crippen molar-refractivity contribution in [2.45, 2.75) is 62.7 Å². The molecule has 0 aliphatic carbocycles. The number of aliphatic hydroxyl groups is 1. The summed E-state index contributed by atoms with van der Waals surface area (Å²) in [7, 11) is 0. The summed E-state index contributed by atoms with van der Waals surface area (Å²) in [6, 6.07) is 0.525. The van der Waals surface area contributed by atoms with Gasteiger partial charge in [-0.1, -0.05) is 13.8 Å². The summed E-state index contributed by atoms with van der Waals surface area (Å²) in [6.07, 6.45) is -0.108. The van der Waals surface area contributed by atoms with Gasteiger partial charge in [-0.15, -0.1) is 0 Å². The van der Waals surface area contributed by atoms with Crippen molar-refractivity contribution in [1.82, 2.24) is 10.6 Å². The minimum absolute atomic E-state index is 0.108. The first-order valence-corrected chi connectivity index (χ1v) is 6.36. The Morgan fingerprint density at radius 3 is 2.71 bits per heavy atom. The summed E-state index contributed by atoms with van der Waals surface area (Å²) in [4.78, 5) is 0. The lowest BCUT2D eigenvalue weighted by Gasteiger charge is -2.61. The first-order chi connectivity index (χ1) is 7.82. The highest BCUT2D eigenvalue weighted by atomic mass is 16.6. The molecular formula is C12H22N2O3. The van der Waals surface area contributed by atoms with E-state index in [1.165, 1.54) is 0 Å².